The van der Waals surface area contributed by atoms with Gasteiger partial charge < -0.3 is 123 Å². The number of benzene rings is 2. The first-order chi connectivity index (χ1) is 51.7. The Bertz CT molecular complexity index is 3480. The maximum atomic E-state index is 14.6. The molecule has 40 heteroatoms. The van der Waals surface area contributed by atoms with Gasteiger partial charge in [-0.1, -0.05) is 24.3 Å². The Morgan fingerprint density at radius 2 is 0.500 bits per heavy atom. The first kappa shape index (κ1) is 94.9. The molecule has 110 heavy (non-hydrogen) atoms. The van der Waals surface area contributed by atoms with Gasteiger partial charge in [-0.2, -0.15) is 0 Å². The van der Waals surface area contributed by atoms with E-state index < -0.39 is 210 Å². The Kier molecular flexibility index (Phi) is 42.3. The molecule has 0 aliphatic rings. The minimum Gasteiger partial charge on any atom is -0.508 e. The van der Waals surface area contributed by atoms with Gasteiger partial charge in [0.25, 0.3) is 0 Å². The number of hydrogen-bond donors (Lipinski definition) is 23. The molecule has 0 fully saturated rings. The summed E-state index contributed by atoms with van der Waals surface area (Å²) in [7, 11) is 0. The number of aliphatic carboxylic acids is 3. The number of rotatable bonds is 51. The molecular weight excluding hydrogens is 1440 g/mol. The number of hydrogen-bond acceptors (Lipinski definition) is 23. The highest BCUT2D eigenvalue weighted by Gasteiger charge is 2.36. The highest BCUT2D eigenvalue weighted by atomic mass is 16.4. The van der Waals surface area contributed by atoms with E-state index in [9.17, 15) is 96.8 Å². The maximum absolute atomic E-state index is 14.6. The Labute approximate surface area is 635 Å². The number of carboxylic acids is 3. The van der Waals surface area contributed by atoms with Crippen molar-refractivity contribution in [1.82, 2.24) is 74.4 Å². The molecule has 0 bridgehead atoms. The zero-order valence-electron chi connectivity index (χ0n) is 63.0. The zero-order chi connectivity index (χ0) is 83.1. The molecule has 0 heterocycles. The smallest absolute Gasteiger partial charge is 0.325 e. The van der Waals surface area contributed by atoms with Gasteiger partial charge in [0.05, 0.1) is 6.04 Å². The first-order valence-corrected chi connectivity index (χ1v) is 36.1. The van der Waals surface area contributed by atoms with E-state index in [2.05, 4.69) is 74.4 Å². The minimum absolute atomic E-state index is 0.0147. The summed E-state index contributed by atoms with van der Waals surface area (Å²) in [5.41, 5.74) is 23.8. The van der Waals surface area contributed by atoms with Gasteiger partial charge in [0.1, 0.15) is 96.1 Å². The predicted octanol–water partition coefficient (Wildman–Crippen LogP) is -5.64. The van der Waals surface area contributed by atoms with Crippen molar-refractivity contribution in [3.63, 3.8) is 0 Å². The fraction of sp³-hybridized carbons (Fsp3) is 0.586. The monoisotopic (exact) mass is 1550 g/mol. The normalized spacial score (nSPS) is 15.1. The number of nitrogens with two attached hydrogens (primary N) is 4. The van der Waals surface area contributed by atoms with Crippen LogP contribution in [0.15, 0.2) is 48.5 Å². The number of aromatic hydroxyl groups is 2. The van der Waals surface area contributed by atoms with Crippen LogP contribution in [0, 0.1) is 0 Å². The molecule has 0 radical (unpaired) electrons. The standard InChI is InChI=1S/C70H110N18O22/c1-35(56(95)76-36(2)58(97)78-38(4)60(99)82-42(8)70(109)110)75-57(96)37(3)77-59(98)39(5)80-64(103)48(15-9-12-30-71)85-68(107)52(33-43-18-22-45(89)23-19-43)87-62(101)41(7)81-65(104)51(27-29-55(93)94)86-69(108)53(34-44-20-24-46(90)25-21-44)88-67(106)50(17-11-14-32-73)84-66(105)49(16-10-13-31-72)83-61(100)40(6)79-63(102)47(74)26-28-54(91)92/h18-25,35-42,47-53,89-90H,9-17,26-34,71-74H2,1-8H3,(H,75,96)(H,76,95)(H,77,98)(H,78,97)(H,79,102)(H,80,103)(H,81,104)(H,82,99)(H,83,100)(H,84,105)(H,85,107)(H,86,108)(H,87,101)(H,88,106)(H,91,92)(H,93,94)(H,109,110)/t35-,36-,37-,38-,39-,40-,41-,42-,47-,48-,49-,50-,51-,52-,53-/m0/s1. The molecule has 0 aliphatic carbocycles. The number of carboxylic acid groups (broad SMARTS) is 3. The number of carbonyl (C=O) groups excluding carboxylic acids is 14. The van der Waals surface area contributed by atoms with Gasteiger partial charge in [-0.25, -0.2) is 0 Å². The molecule has 14 amide bonds. The highest BCUT2D eigenvalue weighted by molar-refractivity contribution is 6.00. The zero-order valence-corrected chi connectivity index (χ0v) is 63.0. The third kappa shape index (κ3) is 35.7. The molecule has 15 atom stereocenters. The van der Waals surface area contributed by atoms with Crippen LogP contribution in [0.2, 0.25) is 0 Å². The van der Waals surface area contributed by atoms with Gasteiger partial charge in [-0.05, 0) is 181 Å². The van der Waals surface area contributed by atoms with Gasteiger partial charge >= 0.3 is 17.9 Å². The van der Waals surface area contributed by atoms with Crippen molar-refractivity contribution in [1.29, 1.82) is 0 Å². The summed E-state index contributed by atoms with van der Waals surface area (Å²) < 4.78 is 0. The van der Waals surface area contributed by atoms with Crippen molar-refractivity contribution in [3.05, 3.63) is 59.7 Å². The molecule has 0 aliphatic heterocycles. The van der Waals surface area contributed by atoms with E-state index in [-0.39, 0.29) is 82.5 Å². The van der Waals surface area contributed by atoms with Crippen LogP contribution >= 0.6 is 0 Å². The molecule has 40 nitrogen and oxygen atoms in total. The summed E-state index contributed by atoms with van der Waals surface area (Å²) in [5.74, 6) is -17.2. The van der Waals surface area contributed by atoms with E-state index in [0.717, 1.165) is 0 Å². The molecule has 0 saturated heterocycles. The molecule has 2 aromatic carbocycles. The van der Waals surface area contributed by atoms with Crippen LogP contribution < -0.4 is 97.4 Å². The number of amides is 14. The molecule has 0 spiro atoms. The lowest BCUT2D eigenvalue weighted by molar-refractivity contribution is -0.141. The van der Waals surface area contributed by atoms with Crippen LogP contribution in [0.4, 0.5) is 0 Å². The van der Waals surface area contributed by atoms with Crippen molar-refractivity contribution < 1.29 is 107 Å². The van der Waals surface area contributed by atoms with E-state index in [1.807, 2.05) is 0 Å². The van der Waals surface area contributed by atoms with E-state index in [0.29, 0.717) is 36.8 Å². The van der Waals surface area contributed by atoms with Crippen molar-refractivity contribution in [3.8, 4) is 11.5 Å². The Hall–Kier alpha value is -11.1. The van der Waals surface area contributed by atoms with Crippen LogP contribution in [0.5, 0.6) is 11.5 Å². The van der Waals surface area contributed by atoms with E-state index >= 15 is 0 Å². The molecule has 2 rings (SSSR count). The number of phenols is 2. The first-order valence-electron chi connectivity index (χ1n) is 36.1. The third-order valence-electron chi connectivity index (χ3n) is 17.0. The molecule has 0 saturated carbocycles. The Balaban J connectivity index is 2.42. The summed E-state index contributed by atoms with van der Waals surface area (Å²) >= 11 is 0. The summed E-state index contributed by atoms with van der Waals surface area (Å²) in [5, 5.41) is 82.4. The number of nitrogens with one attached hydrogen (secondary N) is 14. The fourth-order valence-electron chi connectivity index (χ4n) is 10.2. The number of carbonyl (C=O) groups is 17. The average Bonchev–Trinajstić information content (AvgIpc) is 0.853. The second-order valence-corrected chi connectivity index (χ2v) is 26.6. The molecule has 0 aromatic heterocycles. The summed E-state index contributed by atoms with van der Waals surface area (Å²) in [6.07, 6.45) is -0.987. The Morgan fingerprint density at radius 1 is 0.282 bits per heavy atom. The average molecular weight is 1560 g/mol. The summed E-state index contributed by atoms with van der Waals surface area (Å²) in [4.78, 5) is 226. The SMILES string of the molecule is C[C@H](NC(=O)[C@H](C)NC(=O)[C@H](C)NC(=O)[C@H](C)NC(=O)[C@H](C)NC(=O)[C@H](C)NC(=O)[C@H](CCCCN)NC(=O)[C@H](Cc1ccc(O)cc1)NC(=O)[C@H](C)NC(=O)[C@H](CCC(=O)O)NC(=O)[C@H](Cc1ccc(O)cc1)NC(=O)[C@H](CCCCN)NC(=O)[C@H](CCCCN)NC(=O)[C@H](C)NC(=O)[C@@H](N)CCC(=O)O)C(=O)O. The summed E-state index contributed by atoms with van der Waals surface area (Å²) in [6, 6.07) is -10.3. The fourth-order valence-corrected chi connectivity index (χ4v) is 10.2. The van der Waals surface area contributed by atoms with Crippen LogP contribution in [0.3, 0.4) is 0 Å². The quantitative estimate of drug-likeness (QED) is 0.0275. The summed E-state index contributed by atoms with van der Waals surface area (Å²) in [6.45, 7) is 10.6. The van der Waals surface area contributed by atoms with Gasteiger partial charge in [-0.15, -0.1) is 0 Å². The van der Waals surface area contributed by atoms with Gasteiger partial charge in [0.2, 0.25) is 82.7 Å². The Morgan fingerprint density at radius 3 is 0.791 bits per heavy atom. The predicted molar refractivity (Wildman–Crippen MR) is 394 cm³/mol. The second kappa shape index (κ2) is 49.0. The topological polar surface area (TPSA) is 664 Å². The van der Waals surface area contributed by atoms with Crippen molar-refractivity contribution in [2.24, 2.45) is 22.9 Å². The molecule has 27 N–H and O–H groups in total. The van der Waals surface area contributed by atoms with Crippen LogP contribution in [0.1, 0.15) is 150 Å². The molecular formula is C70H110N18O22. The largest absolute Gasteiger partial charge is 0.508 e. The van der Waals surface area contributed by atoms with Gasteiger partial charge in [0, 0.05) is 25.7 Å². The van der Waals surface area contributed by atoms with Crippen LogP contribution in [0.25, 0.3) is 0 Å². The number of phenolic OH excluding ortho intramolecular Hbond substituents is 2. The van der Waals surface area contributed by atoms with Crippen LogP contribution in [-0.2, 0) is 94.3 Å². The maximum Gasteiger partial charge on any atom is 0.325 e. The van der Waals surface area contributed by atoms with Crippen molar-refractivity contribution in [2.75, 3.05) is 19.6 Å². The van der Waals surface area contributed by atoms with Gasteiger partial charge in [-0.3, -0.25) is 81.5 Å². The van der Waals surface area contributed by atoms with E-state index in [1.165, 1.54) is 104 Å². The molecule has 0 unspecified atom stereocenters. The van der Waals surface area contributed by atoms with E-state index in [4.69, 9.17) is 33.1 Å². The lowest BCUT2D eigenvalue weighted by Gasteiger charge is -2.28. The number of unbranched alkanes of at least 4 members (excludes halogenated alkanes) is 3. The second-order valence-electron chi connectivity index (χ2n) is 26.6. The van der Waals surface area contributed by atoms with Gasteiger partial charge in [0.15, 0.2) is 0 Å². The molecule has 612 valence electrons. The third-order valence-corrected chi connectivity index (χ3v) is 17.0. The lowest BCUT2D eigenvalue weighted by atomic mass is 10.0. The lowest BCUT2D eigenvalue weighted by Crippen LogP contribution is -2.60. The minimum atomic E-state index is -1.77. The van der Waals surface area contributed by atoms with Crippen molar-refractivity contribution in [2.45, 2.75) is 242 Å². The highest BCUT2D eigenvalue weighted by Crippen LogP contribution is 2.16. The molecule has 2 aromatic rings. The van der Waals surface area contributed by atoms with Crippen molar-refractivity contribution >= 4 is 101 Å². The van der Waals surface area contributed by atoms with Crippen LogP contribution in [-0.4, -0.2) is 236 Å². The van der Waals surface area contributed by atoms with E-state index in [1.54, 1.807) is 0 Å².